The molecule has 76 heavy (non-hydrogen) atoms. The molecule has 1 aromatic heterocycles. The van der Waals surface area contributed by atoms with Crippen molar-refractivity contribution in [1.29, 1.82) is 0 Å². The number of carbonyl (C=O) groups excluding carboxylic acids is 6. The fraction of sp³-hybridized carbons (Fsp3) is 0.370. The van der Waals surface area contributed by atoms with Gasteiger partial charge in [-0.1, -0.05) is 76.2 Å². The second-order valence-corrected chi connectivity index (χ2v) is 16.8. The monoisotopic (exact) mass is 1060 g/mol. The minimum absolute atomic E-state index is 0.0854. The lowest BCUT2D eigenvalue weighted by Crippen LogP contribution is -2.53. The summed E-state index contributed by atoms with van der Waals surface area (Å²) >= 11 is 0. The lowest BCUT2D eigenvalue weighted by atomic mass is 10.1. The Balaban J connectivity index is 0.000000316. The maximum atomic E-state index is 12.8. The highest BCUT2D eigenvalue weighted by Gasteiger charge is 2.28. The zero-order valence-corrected chi connectivity index (χ0v) is 42.9. The number of carboxylic acid groups (broad SMARTS) is 1. The topological polar surface area (TPSA) is 323 Å². The summed E-state index contributed by atoms with van der Waals surface area (Å²) in [6, 6.07) is 20.2. The molecule has 0 aliphatic heterocycles. The first kappa shape index (κ1) is 61.5. The molecular weight excluding hydrogens is 989 g/mol. The van der Waals surface area contributed by atoms with Gasteiger partial charge in [-0.15, -0.1) is 0 Å². The van der Waals surface area contributed by atoms with E-state index >= 15 is 0 Å². The molecule has 9 N–H and O–H groups in total. The first-order valence-corrected chi connectivity index (χ1v) is 24.6. The van der Waals surface area contributed by atoms with Gasteiger partial charge in [-0.2, -0.15) is 0 Å². The number of carbonyl (C=O) groups is 7. The predicted octanol–water partition coefficient (Wildman–Crippen LogP) is 6.06. The van der Waals surface area contributed by atoms with E-state index in [0.29, 0.717) is 43.4 Å². The van der Waals surface area contributed by atoms with Crippen molar-refractivity contribution in [1.82, 2.24) is 30.8 Å². The van der Waals surface area contributed by atoms with Crippen LogP contribution in [0, 0.1) is 0 Å². The van der Waals surface area contributed by atoms with Crippen LogP contribution >= 0.6 is 0 Å². The van der Waals surface area contributed by atoms with Crippen molar-refractivity contribution >= 4 is 42.0 Å². The summed E-state index contributed by atoms with van der Waals surface area (Å²) in [7, 11) is 0. The van der Waals surface area contributed by atoms with Gasteiger partial charge in [-0.3, -0.25) is 4.57 Å². The Kier molecular flexibility index (Phi) is 27.4. The van der Waals surface area contributed by atoms with Crippen LogP contribution in [0.1, 0.15) is 75.6 Å². The second-order valence-electron chi connectivity index (χ2n) is 16.8. The fourth-order valence-electron chi connectivity index (χ4n) is 6.57. The van der Waals surface area contributed by atoms with Crippen molar-refractivity contribution in [3.05, 3.63) is 138 Å². The highest BCUT2D eigenvalue weighted by Crippen LogP contribution is 2.16. The number of nitrogens with one attached hydrogen (secondary N) is 4. The van der Waals surface area contributed by atoms with E-state index in [0.717, 1.165) is 11.1 Å². The summed E-state index contributed by atoms with van der Waals surface area (Å²) in [5, 5.41) is 56.1. The van der Waals surface area contributed by atoms with Gasteiger partial charge < -0.3 is 65.7 Å². The van der Waals surface area contributed by atoms with E-state index in [9.17, 15) is 48.9 Å². The molecule has 1 heterocycles. The predicted molar refractivity (Wildman–Crippen MR) is 276 cm³/mol. The van der Waals surface area contributed by atoms with Crippen LogP contribution < -0.4 is 21.3 Å². The van der Waals surface area contributed by atoms with Crippen LogP contribution in [-0.2, 0) is 63.8 Å². The molecule has 5 aromatic rings. The van der Waals surface area contributed by atoms with Crippen LogP contribution in [0.2, 0.25) is 0 Å². The Morgan fingerprint density at radius 3 is 0.974 bits per heavy atom. The van der Waals surface area contributed by atoms with Gasteiger partial charge in [-0.05, 0) is 96.5 Å². The lowest BCUT2D eigenvalue weighted by Gasteiger charge is -2.22. The van der Waals surface area contributed by atoms with Crippen LogP contribution in [0.4, 0.5) is 14.4 Å². The van der Waals surface area contributed by atoms with Crippen molar-refractivity contribution < 1.29 is 78.0 Å². The molecule has 4 aromatic carbocycles. The van der Waals surface area contributed by atoms with E-state index in [-0.39, 0.29) is 68.5 Å². The molecule has 0 spiro atoms. The number of ether oxygens (including phenoxy) is 4. The number of nitrogens with zero attached hydrogens (tertiary/aromatic N) is 2. The molecule has 4 amide bonds. The Morgan fingerprint density at radius 2 is 0.724 bits per heavy atom. The van der Waals surface area contributed by atoms with Gasteiger partial charge >= 0.3 is 42.0 Å². The third-order valence-corrected chi connectivity index (χ3v) is 10.4. The number of aromatic nitrogens is 2. The number of aromatic hydroxyl groups is 4. The van der Waals surface area contributed by atoms with Gasteiger partial charge in [0.15, 0.2) is 0 Å². The summed E-state index contributed by atoms with van der Waals surface area (Å²) in [4.78, 5) is 88.4. The van der Waals surface area contributed by atoms with E-state index in [1.807, 2.05) is 27.7 Å². The summed E-state index contributed by atoms with van der Waals surface area (Å²) in [6.07, 6.45) is 6.38. The van der Waals surface area contributed by atoms with Gasteiger partial charge in [0.2, 0.25) is 0 Å². The smallest absolute Gasteiger partial charge is 0.405 e. The lowest BCUT2D eigenvalue weighted by molar-refractivity contribution is -0.147. The number of imidazole rings is 1. The Morgan fingerprint density at radius 1 is 0.447 bits per heavy atom. The first-order chi connectivity index (χ1) is 36.4. The average molecular weight is 1060 g/mol. The molecule has 4 atom stereocenters. The fourth-order valence-corrected chi connectivity index (χ4v) is 6.57. The van der Waals surface area contributed by atoms with Crippen molar-refractivity contribution in [2.24, 2.45) is 0 Å². The van der Waals surface area contributed by atoms with E-state index in [4.69, 9.17) is 29.2 Å². The molecule has 0 saturated carbocycles. The van der Waals surface area contributed by atoms with E-state index in [1.54, 1.807) is 48.5 Å². The van der Waals surface area contributed by atoms with Crippen LogP contribution in [0.3, 0.4) is 0 Å². The van der Waals surface area contributed by atoms with Crippen molar-refractivity contribution in [3.63, 3.8) is 0 Å². The Bertz CT molecular complexity index is 2470. The highest BCUT2D eigenvalue weighted by molar-refractivity contribution is 5.88. The maximum absolute atomic E-state index is 12.8. The third kappa shape index (κ3) is 23.8. The van der Waals surface area contributed by atoms with E-state index in [2.05, 4.69) is 26.3 Å². The standard InChI is InChI=1S/C25H32N2O7.C16H19N3O4.C13H17NO5/c1-3-13-33-23(30)21(15-17-5-9-19(28)10-6-17)26-25(32)27-22(24(31)34-14-4-2)16-18-7-11-20(29)12-8-18;1-2-9-23-15(21)14(10-12-3-5-13(20)6-4-12)18-16(22)19-8-7-17-11-19;1-2-7-19-12(16)11(14-13(17)18)8-9-3-5-10(15)6-4-9/h5-12,21-22,28-29H,3-4,13-16H2,1-2H3,(H2,26,27,32);3-8,11,14,20H,2,9-10H2,1H3,(H,18,22);3-6,11,14-15H,2,7-8H2,1H3,(H,17,18). The molecule has 410 valence electrons. The van der Waals surface area contributed by atoms with Crippen LogP contribution in [0.5, 0.6) is 23.0 Å². The summed E-state index contributed by atoms with van der Waals surface area (Å²) in [5.74, 6) is -1.88. The van der Waals surface area contributed by atoms with Gasteiger partial charge in [0.1, 0.15) is 53.5 Å². The third-order valence-electron chi connectivity index (χ3n) is 10.4. The molecule has 0 saturated heterocycles. The number of benzene rings is 4. The Labute approximate surface area is 440 Å². The molecule has 0 fully saturated rings. The minimum atomic E-state index is -1.28. The minimum Gasteiger partial charge on any atom is -0.508 e. The number of phenolic OH excluding ortho intramolecular Hbond substituents is 4. The molecule has 5 rings (SSSR count). The van der Waals surface area contributed by atoms with Crippen LogP contribution in [0.15, 0.2) is 116 Å². The molecule has 0 aliphatic rings. The van der Waals surface area contributed by atoms with Crippen molar-refractivity contribution in [2.45, 2.75) is 103 Å². The number of amides is 4. The maximum Gasteiger partial charge on any atom is 0.405 e. The van der Waals surface area contributed by atoms with Crippen LogP contribution in [0.25, 0.3) is 0 Å². The normalized spacial score (nSPS) is 11.9. The van der Waals surface area contributed by atoms with Crippen molar-refractivity contribution in [2.75, 3.05) is 26.4 Å². The Hall–Kier alpha value is -8.82. The molecule has 0 radical (unpaired) electrons. The number of hydrogen-bond acceptors (Lipinski definition) is 16. The van der Waals surface area contributed by atoms with Gasteiger partial charge in [0.05, 0.1) is 26.4 Å². The molecular formula is C54H68N6O16. The quantitative estimate of drug-likeness (QED) is 0.0250. The zero-order valence-electron chi connectivity index (χ0n) is 42.9. The van der Waals surface area contributed by atoms with Gasteiger partial charge in [0, 0.05) is 38.1 Å². The number of esters is 4. The number of phenols is 4. The average Bonchev–Trinajstić information content (AvgIpc) is 3.96. The zero-order chi connectivity index (χ0) is 55.8. The SMILES string of the molecule is CCCOC(=O)C(Cc1ccc(O)cc1)NC(=O)NC(Cc1ccc(O)cc1)C(=O)OCCC.CCCOC(=O)C(Cc1ccc(O)cc1)NC(=O)O.CCCOC(=O)C(Cc1ccc(O)cc1)NC(=O)n1ccnc1. The highest BCUT2D eigenvalue weighted by atomic mass is 16.5. The first-order valence-electron chi connectivity index (χ1n) is 24.6. The number of urea groups is 1. The number of hydrogen-bond donors (Lipinski definition) is 9. The van der Waals surface area contributed by atoms with E-state index < -0.39 is 66.2 Å². The summed E-state index contributed by atoms with van der Waals surface area (Å²) in [5.41, 5.74) is 2.94. The summed E-state index contributed by atoms with van der Waals surface area (Å²) < 4.78 is 21.8. The van der Waals surface area contributed by atoms with E-state index in [1.165, 1.54) is 71.8 Å². The molecule has 0 aliphatic carbocycles. The van der Waals surface area contributed by atoms with Gasteiger partial charge in [0.25, 0.3) is 0 Å². The van der Waals surface area contributed by atoms with Crippen molar-refractivity contribution in [3.8, 4) is 23.0 Å². The molecule has 4 unspecified atom stereocenters. The molecule has 22 nitrogen and oxygen atoms in total. The molecule has 22 heteroatoms. The largest absolute Gasteiger partial charge is 0.508 e. The summed E-state index contributed by atoms with van der Waals surface area (Å²) in [6.45, 7) is 8.44. The van der Waals surface area contributed by atoms with Gasteiger partial charge in [-0.25, -0.2) is 38.5 Å². The van der Waals surface area contributed by atoms with Crippen LogP contribution in [-0.4, -0.2) is 128 Å². The molecule has 0 bridgehead atoms. The number of rotatable bonds is 24. The second kappa shape index (κ2) is 33.8.